The Morgan fingerprint density at radius 2 is 1.79 bits per heavy atom. The fourth-order valence-corrected chi connectivity index (χ4v) is 7.20. The second-order valence-electron chi connectivity index (χ2n) is 9.35. The molecule has 0 aromatic carbocycles. The lowest BCUT2D eigenvalue weighted by molar-refractivity contribution is -0.177. The number of H-pyrrole nitrogens is 1. The maximum atomic E-state index is 15.9. The van der Waals surface area contributed by atoms with Crippen molar-refractivity contribution in [2.45, 2.75) is 49.2 Å². The summed E-state index contributed by atoms with van der Waals surface area (Å²) in [5.74, 6) is 0.00202. The summed E-state index contributed by atoms with van der Waals surface area (Å²) in [5, 5.41) is 9.44. The summed E-state index contributed by atoms with van der Waals surface area (Å²) in [7, 11) is -5.14. The number of hydrogen-bond donors (Lipinski definition) is 4. The fourth-order valence-electron chi connectivity index (χ4n) is 4.77. The van der Waals surface area contributed by atoms with Gasteiger partial charge in [-0.25, -0.2) is 38.3 Å². The molecule has 3 aromatic rings. The number of phosphoric acid groups is 1. The number of halogens is 2. The summed E-state index contributed by atoms with van der Waals surface area (Å²) < 4.78 is 82.8. The number of imidazole rings is 1. The van der Waals surface area contributed by atoms with E-state index in [0.717, 1.165) is 29.5 Å². The van der Waals surface area contributed by atoms with E-state index >= 15 is 8.78 Å². The number of aromatic amines is 1. The van der Waals surface area contributed by atoms with E-state index in [1.807, 2.05) is 4.98 Å². The minimum absolute atomic E-state index is 0.00202. The number of anilines is 1. The molecular formula is C19H21F2N7O12P2S. The van der Waals surface area contributed by atoms with Crippen LogP contribution >= 0.6 is 14.5 Å². The number of nitrogens with one attached hydrogen (secondary N) is 1. The van der Waals surface area contributed by atoms with Gasteiger partial charge in [-0.1, -0.05) is 0 Å². The zero-order valence-corrected chi connectivity index (χ0v) is 23.8. The van der Waals surface area contributed by atoms with E-state index in [1.165, 1.54) is 0 Å². The number of alkyl halides is 2. The first kappa shape index (κ1) is 30.4. The molecule has 3 fully saturated rings. The van der Waals surface area contributed by atoms with E-state index in [1.54, 1.807) is 0 Å². The molecule has 6 rings (SSSR count). The molecule has 0 saturated carbocycles. The van der Waals surface area contributed by atoms with Gasteiger partial charge >= 0.3 is 20.2 Å². The van der Waals surface area contributed by atoms with Crippen LogP contribution in [-0.2, 0) is 48.6 Å². The van der Waals surface area contributed by atoms with Crippen LogP contribution in [-0.4, -0.2) is 89.2 Å². The zero-order valence-electron chi connectivity index (χ0n) is 21.2. The van der Waals surface area contributed by atoms with Crippen molar-refractivity contribution in [3.8, 4) is 0 Å². The number of nitrogens with two attached hydrogens (primary N) is 1. The molecule has 0 spiro atoms. The molecule has 43 heavy (non-hydrogen) atoms. The Balaban J connectivity index is 1.33. The summed E-state index contributed by atoms with van der Waals surface area (Å²) in [5.41, 5.74) is 4.17. The van der Waals surface area contributed by atoms with Gasteiger partial charge in [-0.05, 0) is 11.8 Å². The standard InChI is InChI=1S/C19H21F2N7O12P2S/c20-10-7-3-35-42(33,43)39-13-8(37-17(11(13)21)28-6-25-12-15(22)23-5-24-16(12)28)4-34-41(32,40-31)38-14(10)18(36-7)27-2-1-9(29)26-19(27)30/h1-2,5-8,10-11,13-14,17-18,31H,3-4H2,(H,33,43)(H2,22,23,24)(H,26,29,30)/t7-,8-,10-,11-,13-,14-,17-,18-,41?,42?/m1/s1. The molecule has 3 aliphatic rings. The van der Waals surface area contributed by atoms with Crippen LogP contribution in [0.2, 0.25) is 0 Å². The van der Waals surface area contributed by atoms with Crippen LogP contribution in [0, 0.1) is 0 Å². The Labute approximate surface area is 242 Å². The fraction of sp³-hybridized carbons (Fsp3) is 0.526. The van der Waals surface area contributed by atoms with Gasteiger partial charge in [0.2, 0.25) is 0 Å². The molecule has 3 saturated heterocycles. The van der Waals surface area contributed by atoms with Crippen LogP contribution in [0.15, 0.2) is 34.5 Å². The smallest absolute Gasteiger partial charge is 0.382 e. The lowest BCUT2D eigenvalue weighted by atomic mass is 10.1. The molecule has 2 unspecified atom stereocenters. The van der Waals surface area contributed by atoms with Crippen LogP contribution in [0.1, 0.15) is 12.5 Å². The highest BCUT2D eigenvalue weighted by atomic mass is 32.5. The first-order chi connectivity index (χ1) is 20.4. The monoisotopic (exact) mass is 671 g/mol. The summed E-state index contributed by atoms with van der Waals surface area (Å²) in [6, 6.07) is 0.919. The van der Waals surface area contributed by atoms with Crippen LogP contribution in [0.5, 0.6) is 0 Å². The number of phosphoric ester groups is 1. The molecule has 0 radical (unpaired) electrons. The first-order valence-electron chi connectivity index (χ1n) is 12.1. The third-order valence-corrected chi connectivity index (χ3v) is 9.45. The number of aromatic nitrogens is 6. The second kappa shape index (κ2) is 11.4. The molecule has 10 atom stereocenters. The molecule has 0 aliphatic carbocycles. The SMILES string of the molecule is Nc1ncnc2c1ncn2[C@@H]1O[C@@H]2COP(=O)(OO)O[C@@H]3[C@H](F)[C@@H](COP(O)(=S)O[C@H]2[C@H]1F)O[C@H]3n1ccc(=O)[nH]c1=O. The number of ether oxygens (including phenoxy) is 2. The lowest BCUT2D eigenvalue weighted by Gasteiger charge is -2.26. The van der Waals surface area contributed by atoms with Crippen molar-refractivity contribution in [1.82, 2.24) is 29.1 Å². The van der Waals surface area contributed by atoms with Crippen molar-refractivity contribution in [1.29, 1.82) is 0 Å². The first-order valence-corrected chi connectivity index (χ1v) is 16.2. The number of hydrogen-bond acceptors (Lipinski definition) is 16. The molecule has 234 valence electrons. The predicted molar refractivity (Wildman–Crippen MR) is 138 cm³/mol. The van der Waals surface area contributed by atoms with E-state index in [9.17, 15) is 24.3 Å². The van der Waals surface area contributed by atoms with Gasteiger partial charge in [0.15, 0.2) is 36.3 Å². The van der Waals surface area contributed by atoms with E-state index in [0.29, 0.717) is 4.57 Å². The highest BCUT2D eigenvalue weighted by molar-refractivity contribution is 8.07. The van der Waals surface area contributed by atoms with Gasteiger partial charge in [0.05, 0.1) is 19.5 Å². The molecule has 3 aliphatic heterocycles. The van der Waals surface area contributed by atoms with Crippen molar-refractivity contribution in [2.24, 2.45) is 0 Å². The van der Waals surface area contributed by atoms with Gasteiger partial charge in [-0.15, -0.1) is 4.67 Å². The van der Waals surface area contributed by atoms with E-state index in [-0.39, 0.29) is 17.0 Å². The largest absolute Gasteiger partial charge is 0.502 e. The van der Waals surface area contributed by atoms with Gasteiger partial charge in [-0.2, -0.15) is 0 Å². The average Bonchev–Trinajstić information content (AvgIpc) is 3.61. The van der Waals surface area contributed by atoms with Gasteiger partial charge in [0, 0.05) is 12.3 Å². The summed E-state index contributed by atoms with van der Waals surface area (Å²) in [6.45, 7) is -6.12. The van der Waals surface area contributed by atoms with Gasteiger partial charge in [0.25, 0.3) is 5.56 Å². The number of nitrogens with zero attached hydrogens (tertiary/aromatic N) is 5. The van der Waals surface area contributed by atoms with Gasteiger partial charge < -0.3 is 24.6 Å². The highest BCUT2D eigenvalue weighted by Gasteiger charge is 2.55. The predicted octanol–water partition coefficient (Wildman–Crippen LogP) is 0.0614. The third kappa shape index (κ3) is 5.70. The quantitative estimate of drug-likeness (QED) is 0.163. The molecule has 2 bridgehead atoms. The lowest BCUT2D eigenvalue weighted by Crippen LogP contribution is -2.38. The van der Waals surface area contributed by atoms with E-state index in [4.69, 9.17) is 45.1 Å². The van der Waals surface area contributed by atoms with Crippen molar-refractivity contribution in [3.05, 3.63) is 45.8 Å². The summed E-state index contributed by atoms with van der Waals surface area (Å²) >= 11 is 5.03. The molecular weight excluding hydrogens is 650 g/mol. The van der Waals surface area contributed by atoms with Crippen molar-refractivity contribution in [2.75, 3.05) is 18.9 Å². The summed E-state index contributed by atoms with van der Waals surface area (Å²) in [4.78, 5) is 48.5. The van der Waals surface area contributed by atoms with Crippen LogP contribution in [0.4, 0.5) is 14.6 Å². The van der Waals surface area contributed by atoms with Gasteiger partial charge in [-0.3, -0.25) is 32.5 Å². The molecule has 24 heteroatoms. The number of nitrogen functional groups attached to an aromatic ring is 1. The summed E-state index contributed by atoms with van der Waals surface area (Å²) in [6.07, 6.45) is -11.4. The minimum Gasteiger partial charge on any atom is -0.382 e. The normalized spacial score (nSPS) is 38.7. The maximum absolute atomic E-state index is 15.9. The van der Waals surface area contributed by atoms with Crippen LogP contribution < -0.4 is 17.0 Å². The number of rotatable bonds is 3. The van der Waals surface area contributed by atoms with E-state index in [2.05, 4.69) is 19.6 Å². The zero-order chi connectivity index (χ0) is 30.7. The average molecular weight is 671 g/mol. The van der Waals surface area contributed by atoms with Crippen LogP contribution in [0.3, 0.4) is 0 Å². The Morgan fingerprint density at radius 3 is 2.53 bits per heavy atom. The minimum atomic E-state index is -5.14. The van der Waals surface area contributed by atoms with E-state index < -0.39 is 88.2 Å². The molecule has 3 aromatic heterocycles. The maximum Gasteiger partial charge on any atom is 0.502 e. The Kier molecular flexibility index (Phi) is 8.07. The Bertz CT molecular complexity index is 1750. The molecule has 0 amide bonds. The Morgan fingerprint density at radius 1 is 1.05 bits per heavy atom. The highest BCUT2D eigenvalue weighted by Crippen LogP contribution is 2.56. The third-order valence-electron chi connectivity index (χ3n) is 6.72. The molecule has 5 N–H and O–H groups in total. The molecule has 19 nitrogen and oxygen atoms in total. The topological polar surface area (TPSA) is 247 Å². The second-order valence-corrected chi connectivity index (χ2v) is 13.7. The molecule has 6 heterocycles. The number of fused-ring (bicyclic) bond motifs is 4. The van der Waals surface area contributed by atoms with Crippen molar-refractivity contribution in [3.63, 3.8) is 0 Å². The van der Waals surface area contributed by atoms with Crippen molar-refractivity contribution >= 4 is 43.3 Å². The van der Waals surface area contributed by atoms with Crippen molar-refractivity contribution < 1.29 is 55.7 Å². The Hall–Kier alpha value is -2.59. The van der Waals surface area contributed by atoms with Crippen LogP contribution in [0.25, 0.3) is 11.2 Å². The van der Waals surface area contributed by atoms with Gasteiger partial charge in [0.1, 0.15) is 36.3 Å².